The lowest BCUT2D eigenvalue weighted by atomic mass is 9.98. The monoisotopic (exact) mass is 2270 g/mol. The maximum Gasteiger partial charge on any atom is 0.192 e. The van der Waals surface area contributed by atoms with Crippen molar-refractivity contribution >= 4 is 201 Å². The lowest BCUT2D eigenvalue weighted by Gasteiger charge is -2.35. The Labute approximate surface area is 881 Å². The van der Waals surface area contributed by atoms with Gasteiger partial charge in [0.2, 0.25) is 0 Å². The van der Waals surface area contributed by atoms with Gasteiger partial charge >= 0.3 is 0 Å². The normalized spacial score (nSPS) is 13.4. The first-order chi connectivity index (χ1) is 66.8. The number of fused-ring (bicyclic) bond motifs is 8. The Kier molecular flexibility index (Phi) is 42.1. The van der Waals surface area contributed by atoms with E-state index in [1.165, 1.54) is 104 Å². The van der Waals surface area contributed by atoms with E-state index in [1.54, 1.807) is 0 Å². The molecular weight excluding hydrogens is 2140 g/mol. The highest BCUT2D eigenvalue weighted by atomic mass is 79.9. The lowest BCUT2D eigenvalue weighted by Crippen LogP contribution is -2.60. The molecule has 0 fully saturated rings. The Bertz CT molecular complexity index is 5850. The summed E-state index contributed by atoms with van der Waals surface area (Å²) in [6, 6.07) is 59.4. The molecule has 0 aliphatic carbocycles. The average molecular weight is 2280 g/mol. The van der Waals surface area contributed by atoms with Crippen molar-refractivity contribution in [2.45, 2.75) is 71.5 Å². The van der Waals surface area contributed by atoms with Gasteiger partial charge in [0.1, 0.15) is 16.1 Å². The number of ketones is 2. The minimum absolute atomic E-state index is 0.0454. The number of carbonyl (C=O) groups is 2. The molecule has 2 N–H and O–H groups in total. The minimum atomic E-state index is -1.99. The van der Waals surface area contributed by atoms with E-state index < -0.39 is 16.1 Å². The number of carbonyl (C=O) groups excluding carboxylic acids is 2. The van der Waals surface area contributed by atoms with Crippen LogP contribution in [-0.2, 0) is 45.3 Å². The van der Waals surface area contributed by atoms with Crippen LogP contribution in [0.15, 0.2) is 349 Å². The van der Waals surface area contributed by atoms with Crippen LogP contribution < -0.4 is 69.7 Å². The largest absolute Gasteiger partial charge is 0.392 e. The molecule has 0 atom stereocenters. The molecule has 6 aliphatic rings. The van der Waals surface area contributed by atoms with Crippen molar-refractivity contribution in [3.05, 3.63) is 415 Å². The first-order valence-corrected chi connectivity index (χ1v) is 57.9. The van der Waals surface area contributed by atoms with Crippen molar-refractivity contribution in [2.24, 2.45) is 0 Å². The van der Waals surface area contributed by atoms with Gasteiger partial charge in [-0.25, -0.2) is 0 Å². The molecular formula is C117H136Br6N10O4Si2. The zero-order valence-corrected chi connectivity index (χ0v) is 93.8. The third kappa shape index (κ3) is 27.7. The zero-order valence-electron chi connectivity index (χ0n) is 82.3. The van der Waals surface area contributed by atoms with Gasteiger partial charge in [0.25, 0.3) is 0 Å². The molecule has 0 amide bonds. The molecule has 0 saturated heterocycles. The van der Waals surface area contributed by atoms with Crippen molar-refractivity contribution < 1.29 is 19.8 Å². The van der Waals surface area contributed by atoms with Crippen LogP contribution in [-0.4, -0.2) is 171 Å². The van der Waals surface area contributed by atoms with Gasteiger partial charge in [-0.1, -0.05) is 231 Å². The number of rotatable bonds is 34. The molecule has 728 valence electrons. The number of halogens is 6. The minimum Gasteiger partial charge on any atom is -0.392 e. The highest BCUT2D eigenvalue weighted by Crippen LogP contribution is 2.39. The number of hydrogen-bond donors (Lipinski definition) is 2. The lowest BCUT2D eigenvalue weighted by molar-refractivity contribution is 0.103. The van der Waals surface area contributed by atoms with Crippen molar-refractivity contribution in [1.82, 2.24) is 0 Å². The maximum atomic E-state index is 13.4. The summed E-state index contributed by atoms with van der Waals surface area (Å²) >= 11 is 21.3. The molecule has 16 rings (SSSR count). The van der Waals surface area contributed by atoms with Crippen molar-refractivity contribution in [1.29, 1.82) is 0 Å². The van der Waals surface area contributed by atoms with Gasteiger partial charge in [0.05, 0.1) is 13.2 Å². The van der Waals surface area contributed by atoms with Gasteiger partial charge in [-0.15, -0.1) is 78.9 Å². The van der Waals surface area contributed by atoms with E-state index in [1.807, 2.05) is 134 Å². The van der Waals surface area contributed by atoms with Crippen molar-refractivity contribution in [3.63, 3.8) is 0 Å². The summed E-state index contributed by atoms with van der Waals surface area (Å²) in [5.74, 6) is 0.361. The van der Waals surface area contributed by atoms with Crippen LogP contribution in [0, 0.1) is 0 Å². The van der Waals surface area contributed by atoms with E-state index in [2.05, 4.69) is 387 Å². The average Bonchev–Trinajstić information content (AvgIpc) is 1.69. The number of benzene rings is 10. The van der Waals surface area contributed by atoms with Gasteiger partial charge in [-0.3, -0.25) is 9.59 Å². The summed E-state index contributed by atoms with van der Waals surface area (Å²) in [7, 11) is 4.59. The zero-order chi connectivity index (χ0) is 101. The number of aliphatic hydroxyl groups is 2. The van der Waals surface area contributed by atoms with Crippen LogP contribution in [0.1, 0.15) is 76.4 Å². The van der Waals surface area contributed by atoms with Gasteiger partial charge in [0.15, 0.2) is 11.6 Å². The molecule has 0 saturated carbocycles. The standard InChI is InChI=1S/2C24H28N2OSi.C22H24Br2N2.2C13H16BrNO.C12H14BrN.C9H10BrN/c2*1-6-11-26(12-7-2)18-8-9-19-22(15-18)28(4,5)23-16-21-17(10-13-25(21)3)14-20(23)24(19)27;1-4-9-26(10-5-2)19-7-6-16(20(23)14-19)12-18-13-17-8-11-25(3)22(17)15-21(18)24;2*1-3-7-15(8-4-2)12-6-5-11(10-16)13(14)9-12;1-3-8-14(9-4-2)12-7-5-6-11(13)10-12;1-11-5-4-7-2-3-8(10)6-9(7)11/h2*6-9,14-16H,1-2,10-13H2,3-5H3;4-7,13-15H,1-2,8-12H2,3H3;2*3-6,9,16H,1-2,7-8,10H2;3-7,10H,1-2,8-9H2;2-3,6H,4-5H2,1H3. The fourth-order valence-corrected chi connectivity index (χ4v) is 27.2. The van der Waals surface area contributed by atoms with E-state index in [4.69, 9.17) is 10.2 Å². The molecule has 10 aromatic carbocycles. The molecule has 0 aromatic heterocycles. The van der Waals surface area contributed by atoms with Crippen molar-refractivity contribution in [3.8, 4) is 0 Å². The Hall–Kier alpha value is -10.3. The topological polar surface area (TPSA) is 107 Å². The van der Waals surface area contributed by atoms with Gasteiger partial charge in [-0.2, -0.15) is 0 Å². The summed E-state index contributed by atoms with van der Waals surface area (Å²) in [4.78, 5) is 49.2. The Balaban J connectivity index is 0.000000171. The van der Waals surface area contributed by atoms with Crippen LogP contribution in [0.2, 0.25) is 26.2 Å². The fourth-order valence-electron chi connectivity index (χ4n) is 18.4. The second-order valence-electron chi connectivity index (χ2n) is 36.1. The predicted octanol–water partition coefficient (Wildman–Crippen LogP) is 24.7. The Morgan fingerprint density at radius 2 is 0.561 bits per heavy atom. The second kappa shape index (κ2) is 52.9. The van der Waals surface area contributed by atoms with Crippen LogP contribution in [0.3, 0.4) is 0 Å². The quantitative estimate of drug-likeness (QED) is 0.0295. The summed E-state index contributed by atoms with van der Waals surface area (Å²) in [5, 5.41) is 23.2. The molecule has 0 bridgehead atoms. The molecule has 10 aromatic rings. The third-order valence-corrected chi connectivity index (χ3v) is 36.9. The molecule has 22 heteroatoms. The molecule has 0 radical (unpaired) electrons. The van der Waals surface area contributed by atoms with Gasteiger partial charge in [-0.05, 0) is 231 Å². The molecule has 6 aliphatic heterocycles. The highest BCUT2D eigenvalue weighted by Gasteiger charge is 2.42. The second-order valence-corrected chi connectivity index (χ2v) is 50.1. The number of hydrogen-bond acceptors (Lipinski definition) is 14. The van der Waals surface area contributed by atoms with Gasteiger partial charge < -0.3 is 59.2 Å². The predicted molar refractivity (Wildman–Crippen MR) is 629 cm³/mol. The summed E-state index contributed by atoms with van der Waals surface area (Å²) in [5.41, 5.74) is 25.7. The van der Waals surface area contributed by atoms with Crippen LogP contribution in [0.25, 0.3) is 0 Å². The SMILES string of the molecule is C=CCN(CC=C)c1ccc(CO)c(Br)c1.C=CCN(CC=C)c1ccc(CO)c(Br)c1.C=CCN(CC=C)c1ccc(Cc2cc3c(cc2Br)N(C)CC3)c(Br)c1.C=CCN(CC=C)c1ccc2c(c1)[Si](C)(C)c1cc3c(cc1C2=O)CCN3C.C=CCN(CC=C)c1ccc2c(c1)[Si](C)(C)c1cc3c(cc1C2=O)CCN3C.C=CCN(CC=C)c1cccc(Br)c1.CN1CCc2ccc(Br)cc21. The number of aliphatic hydroxyl groups excluding tert-OH is 2. The number of likely N-dealkylation sites (N-methyl/N-ethyl adjacent to an activating group) is 4. The van der Waals surface area contributed by atoms with E-state index in [9.17, 15) is 9.59 Å². The van der Waals surface area contributed by atoms with E-state index in [0.29, 0.717) is 0 Å². The fraction of sp³-hybridized carbons (Fsp3) is 0.265. The Morgan fingerprint density at radius 1 is 0.288 bits per heavy atom. The summed E-state index contributed by atoms with van der Waals surface area (Å²) < 4.78 is 6.42. The smallest absolute Gasteiger partial charge is 0.192 e. The molecule has 0 unspecified atom stereocenters. The van der Waals surface area contributed by atoms with Crippen LogP contribution in [0.4, 0.5) is 56.9 Å². The summed E-state index contributed by atoms with van der Waals surface area (Å²) in [6.45, 7) is 69.0. The van der Waals surface area contributed by atoms with Crippen molar-refractivity contribution in [2.75, 3.05) is 182 Å². The first kappa shape index (κ1) is 111. The molecule has 6 heterocycles. The van der Waals surface area contributed by atoms with E-state index in [-0.39, 0.29) is 24.8 Å². The first-order valence-electron chi connectivity index (χ1n) is 47.1. The molecule has 14 nitrogen and oxygen atoms in total. The maximum absolute atomic E-state index is 13.4. The van der Waals surface area contributed by atoms with Crippen LogP contribution >= 0.6 is 95.6 Å². The molecule has 0 spiro atoms. The summed E-state index contributed by atoms with van der Waals surface area (Å²) in [6.07, 6.45) is 28.0. The Morgan fingerprint density at radius 3 is 0.885 bits per heavy atom. The molecule has 139 heavy (non-hydrogen) atoms. The van der Waals surface area contributed by atoms with E-state index >= 15 is 0 Å². The number of nitrogens with zero attached hydrogens (tertiary/aromatic N) is 10. The third-order valence-electron chi connectivity index (χ3n) is 25.9. The van der Waals surface area contributed by atoms with Gasteiger partial charge in [0, 0.05) is 239 Å². The highest BCUT2D eigenvalue weighted by molar-refractivity contribution is 9.11. The number of anilines is 10. The van der Waals surface area contributed by atoms with Crippen LogP contribution in [0.5, 0.6) is 0 Å². The van der Waals surface area contributed by atoms with E-state index in [0.717, 1.165) is 204 Å².